The minimum Gasteiger partial charge on any atom is -0.456 e. The Balaban J connectivity index is 2.03. The van der Waals surface area contributed by atoms with E-state index in [1.165, 1.54) is 30.1 Å². The lowest BCUT2D eigenvalue weighted by molar-refractivity contribution is -0.153. The van der Waals surface area contributed by atoms with Crippen LogP contribution in [-0.4, -0.2) is 58.2 Å². The van der Waals surface area contributed by atoms with Crippen LogP contribution in [0.3, 0.4) is 0 Å². The molecule has 0 radical (unpaired) electrons. The molecular formula is C31H35F2N3O5S. The number of esters is 1. The summed E-state index contributed by atoms with van der Waals surface area (Å²) in [5.41, 5.74) is 0.145. The molecule has 1 aliphatic heterocycles. The van der Waals surface area contributed by atoms with Gasteiger partial charge in [-0.25, -0.2) is 13.8 Å². The molecule has 0 N–H and O–H groups in total. The van der Waals surface area contributed by atoms with Gasteiger partial charge in [0.15, 0.2) is 6.61 Å². The lowest BCUT2D eigenvalue weighted by Crippen LogP contribution is -2.45. The number of ether oxygens (including phenoxy) is 1. The summed E-state index contributed by atoms with van der Waals surface area (Å²) in [7, 11) is 0. The third-order valence-corrected chi connectivity index (χ3v) is 7.96. The van der Waals surface area contributed by atoms with E-state index in [1.54, 1.807) is 0 Å². The van der Waals surface area contributed by atoms with Crippen LogP contribution in [-0.2, 0) is 30.3 Å². The lowest BCUT2D eigenvalue weighted by Gasteiger charge is -2.40. The summed E-state index contributed by atoms with van der Waals surface area (Å²) in [6, 6.07) is 2.50. The van der Waals surface area contributed by atoms with Crippen molar-refractivity contribution in [3.63, 3.8) is 0 Å². The molecule has 1 unspecified atom stereocenters. The number of imide groups is 1. The van der Waals surface area contributed by atoms with Crippen LogP contribution < -0.4 is 0 Å². The second kappa shape index (κ2) is 13.4. The topological polar surface area (TPSA) is 96.9 Å². The van der Waals surface area contributed by atoms with Crippen molar-refractivity contribution in [3.8, 4) is 22.9 Å². The molecule has 1 atom stereocenters. The van der Waals surface area contributed by atoms with Gasteiger partial charge >= 0.3 is 5.97 Å². The van der Waals surface area contributed by atoms with Crippen molar-refractivity contribution in [2.24, 2.45) is 5.41 Å². The highest BCUT2D eigenvalue weighted by Gasteiger charge is 2.39. The largest absolute Gasteiger partial charge is 0.456 e. The maximum absolute atomic E-state index is 14.8. The fourth-order valence-corrected chi connectivity index (χ4v) is 6.11. The number of thiazole rings is 1. The Labute approximate surface area is 248 Å². The number of amides is 3. The highest BCUT2D eigenvalue weighted by atomic mass is 32.1. The first-order valence-electron chi connectivity index (χ1n) is 13.6. The van der Waals surface area contributed by atoms with Gasteiger partial charge in [-0.1, -0.05) is 40.0 Å². The van der Waals surface area contributed by atoms with Gasteiger partial charge in [0.25, 0.3) is 17.7 Å². The second-order valence-electron chi connectivity index (χ2n) is 11.1. The summed E-state index contributed by atoms with van der Waals surface area (Å²) in [4.78, 5) is 58.6. The Morgan fingerprint density at radius 2 is 1.90 bits per heavy atom. The quantitative estimate of drug-likeness (QED) is 0.199. The Hall–Kier alpha value is -3.91. The van der Waals surface area contributed by atoms with Crippen LogP contribution in [0.1, 0.15) is 71.0 Å². The third-order valence-electron chi connectivity index (χ3n) is 6.80. The third kappa shape index (κ3) is 7.10. The van der Waals surface area contributed by atoms with E-state index in [-0.39, 0.29) is 41.2 Å². The van der Waals surface area contributed by atoms with Crippen molar-refractivity contribution in [3.05, 3.63) is 51.6 Å². The molecule has 2 aromatic rings. The van der Waals surface area contributed by atoms with Gasteiger partial charge < -0.3 is 9.64 Å². The number of aromatic nitrogens is 1. The van der Waals surface area contributed by atoms with Crippen LogP contribution in [0.4, 0.5) is 8.78 Å². The zero-order valence-electron chi connectivity index (χ0n) is 24.7. The zero-order valence-corrected chi connectivity index (χ0v) is 25.5. The first-order valence-corrected chi connectivity index (χ1v) is 14.4. The molecule has 0 bridgehead atoms. The molecule has 3 rings (SSSR count). The number of carbonyl (C=O) groups excluding carboxylic acids is 4. The van der Waals surface area contributed by atoms with Crippen molar-refractivity contribution in [2.45, 2.75) is 66.8 Å². The number of aryl methyl sites for hydroxylation is 1. The number of carbonyl (C=O) groups is 4. The average Bonchev–Trinajstić information content (AvgIpc) is 3.40. The van der Waals surface area contributed by atoms with Gasteiger partial charge in [0, 0.05) is 36.0 Å². The Morgan fingerprint density at radius 3 is 2.48 bits per heavy atom. The van der Waals surface area contributed by atoms with Crippen molar-refractivity contribution < 1.29 is 32.7 Å². The molecule has 0 aliphatic carbocycles. The predicted octanol–water partition coefficient (Wildman–Crippen LogP) is 5.23. The number of rotatable bonds is 11. The molecule has 0 fully saturated rings. The van der Waals surface area contributed by atoms with Gasteiger partial charge in [0.1, 0.15) is 16.6 Å². The van der Waals surface area contributed by atoms with Crippen molar-refractivity contribution in [1.29, 1.82) is 0 Å². The standard InChI is InChI=1S/C31H35F2N3O5S/c1-8-11-24-26(34-28(42-24)22-16-20(32)12-13-23(22)33)27(31(5,6)7)35(25(38)17-41-19(4)37)14-10-15-36-29(39)18(3)21(9-2)30(36)40/h2,12-13,16,27H,8,10-11,14-15,17H2,1,3-7H3. The lowest BCUT2D eigenvalue weighted by atomic mass is 9.82. The van der Waals surface area contributed by atoms with Gasteiger partial charge in [-0.15, -0.1) is 17.8 Å². The van der Waals surface area contributed by atoms with Gasteiger partial charge in [-0.3, -0.25) is 24.1 Å². The van der Waals surface area contributed by atoms with Crippen LogP contribution in [0.2, 0.25) is 0 Å². The molecule has 11 heteroatoms. The summed E-state index contributed by atoms with van der Waals surface area (Å²) >= 11 is 1.24. The number of hydrogen-bond donors (Lipinski definition) is 0. The highest BCUT2D eigenvalue weighted by Crippen LogP contribution is 2.43. The van der Waals surface area contributed by atoms with E-state index in [9.17, 15) is 28.0 Å². The SMILES string of the molecule is C#CC1=C(C)C(=O)N(CCCN(C(=O)COC(C)=O)C(c2nc(-c3cc(F)ccc3F)sc2CCC)C(C)(C)C)C1=O. The van der Waals surface area contributed by atoms with Gasteiger partial charge in [-0.05, 0) is 43.4 Å². The van der Waals surface area contributed by atoms with E-state index >= 15 is 0 Å². The van der Waals surface area contributed by atoms with Crippen LogP contribution >= 0.6 is 11.3 Å². The summed E-state index contributed by atoms with van der Waals surface area (Å²) in [5.74, 6) is -1.13. The molecule has 224 valence electrons. The smallest absolute Gasteiger partial charge is 0.303 e. The highest BCUT2D eigenvalue weighted by molar-refractivity contribution is 7.15. The molecule has 42 heavy (non-hydrogen) atoms. The van der Waals surface area contributed by atoms with E-state index in [1.807, 2.05) is 27.7 Å². The molecule has 3 amide bonds. The van der Waals surface area contributed by atoms with Crippen molar-refractivity contribution in [1.82, 2.24) is 14.8 Å². The summed E-state index contributed by atoms with van der Waals surface area (Å²) in [6.07, 6.45) is 6.94. The van der Waals surface area contributed by atoms with Crippen molar-refractivity contribution in [2.75, 3.05) is 19.7 Å². The Bertz CT molecular complexity index is 1470. The molecule has 0 saturated carbocycles. The van der Waals surface area contributed by atoms with E-state index in [2.05, 4.69) is 5.92 Å². The molecule has 1 aliphatic rings. The molecule has 1 aromatic heterocycles. The molecule has 0 saturated heterocycles. The van der Waals surface area contributed by atoms with Crippen LogP contribution in [0, 0.1) is 29.4 Å². The fraction of sp³-hybridized carbons (Fsp3) is 0.452. The summed E-state index contributed by atoms with van der Waals surface area (Å²) in [6.45, 7) is 9.99. The number of nitrogens with zero attached hydrogens (tertiary/aromatic N) is 3. The van der Waals surface area contributed by atoms with Crippen LogP contribution in [0.5, 0.6) is 0 Å². The Kier molecular flexibility index (Phi) is 10.4. The molecule has 2 heterocycles. The van der Waals surface area contributed by atoms with Gasteiger partial charge in [0.05, 0.1) is 17.3 Å². The fourth-order valence-electron chi connectivity index (χ4n) is 4.90. The van der Waals surface area contributed by atoms with E-state index in [0.717, 1.165) is 34.4 Å². The Morgan fingerprint density at radius 1 is 1.21 bits per heavy atom. The minimum absolute atomic E-state index is 0.00698. The summed E-state index contributed by atoms with van der Waals surface area (Å²) in [5, 5.41) is 0.281. The van der Waals surface area contributed by atoms with Crippen molar-refractivity contribution >= 4 is 35.0 Å². The van der Waals surface area contributed by atoms with E-state index < -0.39 is 53.4 Å². The number of hydrogen-bond acceptors (Lipinski definition) is 7. The first kappa shape index (κ1) is 32.6. The molecular weight excluding hydrogens is 564 g/mol. The molecule has 1 aromatic carbocycles. The van der Waals surface area contributed by atoms with Gasteiger partial charge in [0.2, 0.25) is 0 Å². The summed E-state index contributed by atoms with van der Waals surface area (Å²) < 4.78 is 33.8. The maximum Gasteiger partial charge on any atom is 0.303 e. The van der Waals surface area contributed by atoms with E-state index in [0.29, 0.717) is 12.1 Å². The van der Waals surface area contributed by atoms with Crippen LogP contribution in [0.25, 0.3) is 10.6 Å². The monoisotopic (exact) mass is 599 g/mol. The maximum atomic E-state index is 14.8. The predicted molar refractivity (Wildman–Crippen MR) is 155 cm³/mol. The zero-order chi connectivity index (χ0) is 31.4. The normalized spacial score (nSPS) is 14.3. The van der Waals surface area contributed by atoms with Crippen LogP contribution in [0.15, 0.2) is 29.3 Å². The van der Waals surface area contributed by atoms with Gasteiger partial charge in [-0.2, -0.15) is 0 Å². The molecule has 8 nitrogen and oxygen atoms in total. The van der Waals surface area contributed by atoms with E-state index in [4.69, 9.17) is 16.1 Å². The molecule has 0 spiro atoms. The number of benzene rings is 1. The minimum atomic E-state index is -0.671. The second-order valence-corrected chi connectivity index (χ2v) is 12.2. The average molecular weight is 600 g/mol. The first-order chi connectivity index (χ1) is 19.7. The number of terminal acetylenes is 1. The number of halogens is 2.